The molecule has 12 heteroatoms. The van der Waals surface area contributed by atoms with Gasteiger partial charge < -0.3 is 20.1 Å². The molecule has 1 saturated heterocycles. The Bertz CT molecular complexity index is 1220. The Morgan fingerprint density at radius 3 is 2.84 bits per heavy atom. The monoisotopic (exact) mass is 422 g/mol. The van der Waals surface area contributed by atoms with Crippen LogP contribution < -0.4 is 25.4 Å². The first-order valence-electron chi connectivity index (χ1n) is 9.58. The van der Waals surface area contributed by atoms with E-state index in [-0.39, 0.29) is 18.3 Å². The van der Waals surface area contributed by atoms with Crippen molar-refractivity contribution in [1.82, 2.24) is 35.2 Å². The van der Waals surface area contributed by atoms with Gasteiger partial charge in [0.25, 0.3) is 5.91 Å². The van der Waals surface area contributed by atoms with E-state index in [1.165, 1.54) is 10.6 Å². The number of rotatable bonds is 7. The third-order valence-corrected chi connectivity index (χ3v) is 4.64. The molecule has 31 heavy (non-hydrogen) atoms. The Morgan fingerprint density at radius 2 is 2.10 bits per heavy atom. The number of hydrogen-bond donors (Lipinski definition) is 3. The number of aromatic nitrogens is 5. The summed E-state index contributed by atoms with van der Waals surface area (Å²) in [6, 6.07) is 5.23. The van der Waals surface area contributed by atoms with Crippen LogP contribution in [0.5, 0.6) is 11.9 Å². The number of nitrogens with one attached hydrogen (secondary N) is 3. The van der Waals surface area contributed by atoms with Crippen molar-refractivity contribution in [2.45, 2.75) is 25.5 Å². The van der Waals surface area contributed by atoms with Crippen molar-refractivity contribution in [3.05, 3.63) is 41.4 Å². The topological polar surface area (TPSA) is 145 Å². The fraction of sp³-hybridized carbons (Fsp3) is 0.263. The SMILES string of the molecule is COc1cccc(COc2nc(NC3CC3)n3ncc(/C=C4\NC(=O)NC4=O)c3n2)n1. The van der Waals surface area contributed by atoms with Crippen LogP contribution >= 0.6 is 0 Å². The average Bonchev–Trinajstić information content (AvgIpc) is 3.41. The van der Waals surface area contributed by atoms with Crippen molar-refractivity contribution in [3.8, 4) is 11.9 Å². The highest BCUT2D eigenvalue weighted by Crippen LogP contribution is 2.26. The van der Waals surface area contributed by atoms with Crippen LogP contribution in [0, 0.1) is 0 Å². The van der Waals surface area contributed by atoms with Crippen LogP contribution in [0.4, 0.5) is 10.7 Å². The second-order valence-corrected chi connectivity index (χ2v) is 7.01. The highest BCUT2D eigenvalue weighted by Gasteiger charge is 2.26. The van der Waals surface area contributed by atoms with E-state index in [9.17, 15) is 9.59 Å². The lowest BCUT2D eigenvalue weighted by atomic mass is 10.2. The molecule has 2 aliphatic rings. The minimum Gasteiger partial charge on any atom is -0.481 e. The zero-order valence-electron chi connectivity index (χ0n) is 16.5. The quantitative estimate of drug-likeness (QED) is 0.373. The van der Waals surface area contributed by atoms with Crippen molar-refractivity contribution in [3.63, 3.8) is 0 Å². The van der Waals surface area contributed by atoms with Crippen LogP contribution in [0.2, 0.25) is 0 Å². The summed E-state index contributed by atoms with van der Waals surface area (Å²) in [7, 11) is 1.54. The lowest BCUT2D eigenvalue weighted by Crippen LogP contribution is -2.22. The van der Waals surface area contributed by atoms with E-state index in [1.807, 2.05) is 6.07 Å². The third kappa shape index (κ3) is 3.95. The number of nitrogens with zero attached hydrogens (tertiary/aromatic N) is 5. The molecule has 1 saturated carbocycles. The number of pyridine rings is 1. The van der Waals surface area contributed by atoms with Gasteiger partial charge in [0.2, 0.25) is 11.8 Å². The van der Waals surface area contributed by atoms with E-state index in [1.54, 1.807) is 25.4 Å². The number of anilines is 1. The minimum absolute atomic E-state index is 0.110. The number of urea groups is 1. The Morgan fingerprint density at radius 1 is 1.23 bits per heavy atom. The highest BCUT2D eigenvalue weighted by molar-refractivity contribution is 6.14. The Balaban J connectivity index is 1.48. The summed E-state index contributed by atoms with van der Waals surface area (Å²) in [6.07, 6.45) is 5.13. The molecule has 0 radical (unpaired) electrons. The lowest BCUT2D eigenvalue weighted by molar-refractivity contribution is -0.115. The number of methoxy groups -OCH3 is 1. The number of hydrogen-bond acceptors (Lipinski definition) is 9. The van der Waals surface area contributed by atoms with E-state index in [4.69, 9.17) is 9.47 Å². The van der Waals surface area contributed by atoms with Crippen LogP contribution in [0.25, 0.3) is 11.7 Å². The molecule has 1 aliphatic carbocycles. The first kappa shape index (κ1) is 18.8. The van der Waals surface area contributed by atoms with Crippen LogP contribution in [-0.4, -0.2) is 49.7 Å². The molecule has 5 rings (SSSR count). The molecule has 0 atom stereocenters. The molecular formula is C19H18N8O4. The Hall–Kier alpha value is -4.22. The summed E-state index contributed by atoms with van der Waals surface area (Å²) in [5.41, 5.74) is 1.71. The maximum atomic E-state index is 11.9. The first-order valence-corrected chi connectivity index (χ1v) is 9.58. The van der Waals surface area contributed by atoms with Gasteiger partial charge in [-0.15, -0.1) is 0 Å². The summed E-state index contributed by atoms with van der Waals surface area (Å²) in [5, 5.41) is 12.2. The van der Waals surface area contributed by atoms with Gasteiger partial charge in [-0.3, -0.25) is 10.1 Å². The molecule has 0 spiro atoms. The molecule has 4 heterocycles. The lowest BCUT2D eigenvalue weighted by Gasteiger charge is -2.10. The van der Waals surface area contributed by atoms with E-state index < -0.39 is 11.9 Å². The number of imide groups is 1. The van der Waals surface area contributed by atoms with Gasteiger partial charge in [0.15, 0.2) is 5.65 Å². The van der Waals surface area contributed by atoms with Crippen molar-refractivity contribution < 1.29 is 19.1 Å². The van der Waals surface area contributed by atoms with Gasteiger partial charge >= 0.3 is 12.0 Å². The second kappa shape index (κ2) is 7.55. The molecule has 3 aromatic rings. The fourth-order valence-electron chi connectivity index (χ4n) is 2.97. The zero-order chi connectivity index (χ0) is 21.4. The molecule has 3 aromatic heterocycles. The molecule has 3 N–H and O–H groups in total. The predicted molar refractivity (Wildman–Crippen MR) is 107 cm³/mol. The number of carbonyl (C=O) groups excluding carboxylic acids is 2. The molecular weight excluding hydrogens is 404 g/mol. The van der Waals surface area contributed by atoms with Gasteiger partial charge in [0, 0.05) is 17.7 Å². The molecule has 158 valence electrons. The number of carbonyl (C=O) groups is 2. The standard InChI is InChI=1S/C19H18N8O4/c1-30-14-4-2-3-12(21-14)9-31-19-24-15-10(7-13-16(28)25-18(29)23-13)8-20-27(15)17(26-19)22-11-5-6-11/h2-4,7-8,11H,5-6,9H2,1H3,(H,22,24,26)(H2,23,25,28,29)/b13-7-. The van der Waals surface area contributed by atoms with E-state index in [2.05, 4.69) is 36.0 Å². The van der Waals surface area contributed by atoms with Gasteiger partial charge in [-0.25, -0.2) is 9.78 Å². The largest absolute Gasteiger partial charge is 0.481 e. The maximum absolute atomic E-state index is 11.9. The van der Waals surface area contributed by atoms with Crippen LogP contribution in [-0.2, 0) is 11.4 Å². The minimum atomic E-state index is -0.576. The summed E-state index contributed by atoms with van der Waals surface area (Å²) in [5.74, 6) is 0.441. The summed E-state index contributed by atoms with van der Waals surface area (Å²) < 4.78 is 12.5. The number of fused-ring (bicyclic) bond motifs is 1. The summed E-state index contributed by atoms with van der Waals surface area (Å²) in [6.45, 7) is 0.138. The van der Waals surface area contributed by atoms with Gasteiger partial charge in [0.1, 0.15) is 12.3 Å². The van der Waals surface area contributed by atoms with Gasteiger partial charge in [0.05, 0.1) is 19.0 Å². The smallest absolute Gasteiger partial charge is 0.326 e. The second-order valence-electron chi connectivity index (χ2n) is 7.01. The van der Waals surface area contributed by atoms with Crippen molar-refractivity contribution in [2.75, 3.05) is 12.4 Å². The highest BCUT2D eigenvalue weighted by atomic mass is 16.5. The van der Waals surface area contributed by atoms with Crippen molar-refractivity contribution in [2.24, 2.45) is 0 Å². The average molecular weight is 422 g/mol. The Kier molecular flexibility index (Phi) is 4.58. The van der Waals surface area contributed by atoms with Gasteiger partial charge in [-0.2, -0.15) is 19.6 Å². The molecule has 0 unspecified atom stereocenters. The molecule has 2 fully saturated rings. The molecule has 12 nitrogen and oxygen atoms in total. The predicted octanol–water partition coefficient (Wildman–Crippen LogP) is 0.861. The van der Waals surface area contributed by atoms with Gasteiger partial charge in [-0.1, -0.05) is 6.07 Å². The molecule has 3 amide bonds. The summed E-state index contributed by atoms with van der Waals surface area (Å²) in [4.78, 5) is 36.4. The summed E-state index contributed by atoms with van der Waals surface area (Å²) >= 11 is 0. The Labute approximate surface area is 175 Å². The van der Waals surface area contributed by atoms with Crippen LogP contribution in [0.3, 0.4) is 0 Å². The normalized spacial score (nSPS) is 17.0. The first-order chi connectivity index (χ1) is 15.1. The molecule has 0 aromatic carbocycles. The van der Waals surface area contributed by atoms with Crippen LogP contribution in [0.15, 0.2) is 30.1 Å². The van der Waals surface area contributed by atoms with Crippen molar-refractivity contribution in [1.29, 1.82) is 0 Å². The fourth-order valence-corrected chi connectivity index (χ4v) is 2.97. The number of ether oxygens (including phenoxy) is 2. The van der Waals surface area contributed by atoms with Gasteiger partial charge in [-0.05, 0) is 25.0 Å². The molecule has 0 bridgehead atoms. The van der Waals surface area contributed by atoms with E-state index >= 15 is 0 Å². The molecule has 1 aliphatic heterocycles. The van der Waals surface area contributed by atoms with E-state index in [0.29, 0.717) is 34.8 Å². The van der Waals surface area contributed by atoms with E-state index in [0.717, 1.165) is 12.8 Å². The van der Waals surface area contributed by atoms with Crippen molar-refractivity contribution >= 4 is 29.6 Å². The maximum Gasteiger partial charge on any atom is 0.326 e. The number of amides is 3. The zero-order valence-corrected chi connectivity index (χ0v) is 16.5. The third-order valence-electron chi connectivity index (χ3n) is 4.64. The van der Waals surface area contributed by atoms with Crippen LogP contribution in [0.1, 0.15) is 24.1 Å².